The van der Waals surface area contributed by atoms with E-state index >= 15 is 0 Å². The number of carbonyl (C=O) groups is 2. The SMILES string of the molecule is COC1=CCCN(C(=O)c2ccc(NC(=O)c3ccccc3C)cc2C)c2ccc(Cl)cc21. The first-order chi connectivity index (χ1) is 15.9. The normalized spacial score (nSPS) is 13.0. The highest BCUT2D eigenvalue weighted by molar-refractivity contribution is 6.31. The molecule has 0 bridgehead atoms. The molecule has 1 aliphatic rings. The molecule has 0 saturated carbocycles. The lowest BCUT2D eigenvalue weighted by molar-refractivity contribution is 0.0985. The number of carbonyl (C=O) groups excluding carboxylic acids is 2. The Morgan fingerprint density at radius 3 is 2.48 bits per heavy atom. The maximum Gasteiger partial charge on any atom is 0.258 e. The Morgan fingerprint density at radius 1 is 0.970 bits per heavy atom. The number of ether oxygens (including phenoxy) is 1. The minimum Gasteiger partial charge on any atom is -0.496 e. The van der Waals surface area contributed by atoms with Crippen molar-refractivity contribution in [3.63, 3.8) is 0 Å². The van der Waals surface area contributed by atoms with Gasteiger partial charge < -0.3 is 15.0 Å². The van der Waals surface area contributed by atoms with Crippen LogP contribution in [0.25, 0.3) is 5.76 Å². The third-order valence-corrected chi connectivity index (χ3v) is 6.00. The smallest absolute Gasteiger partial charge is 0.258 e. The second-order valence-electron chi connectivity index (χ2n) is 7.98. The zero-order valence-electron chi connectivity index (χ0n) is 18.8. The van der Waals surface area contributed by atoms with Gasteiger partial charge in [0.25, 0.3) is 11.8 Å². The molecule has 0 aromatic heterocycles. The molecule has 1 N–H and O–H groups in total. The van der Waals surface area contributed by atoms with Crippen LogP contribution < -0.4 is 10.2 Å². The summed E-state index contributed by atoms with van der Waals surface area (Å²) in [6, 6.07) is 18.2. The van der Waals surface area contributed by atoms with Crippen LogP contribution in [0, 0.1) is 13.8 Å². The van der Waals surface area contributed by atoms with Gasteiger partial charge in [0.05, 0.1) is 12.8 Å². The van der Waals surface area contributed by atoms with Crippen LogP contribution in [0.4, 0.5) is 11.4 Å². The Kier molecular flexibility index (Phi) is 6.52. The lowest BCUT2D eigenvalue weighted by Crippen LogP contribution is -2.32. The first-order valence-electron chi connectivity index (χ1n) is 10.7. The van der Waals surface area contributed by atoms with E-state index < -0.39 is 0 Å². The Morgan fingerprint density at radius 2 is 1.76 bits per heavy atom. The number of amides is 2. The number of benzene rings is 3. The van der Waals surface area contributed by atoms with E-state index in [-0.39, 0.29) is 11.8 Å². The number of anilines is 2. The van der Waals surface area contributed by atoms with Crippen molar-refractivity contribution in [3.05, 3.63) is 99.6 Å². The number of rotatable bonds is 4. The molecule has 3 aromatic carbocycles. The van der Waals surface area contributed by atoms with E-state index in [0.29, 0.717) is 40.6 Å². The quantitative estimate of drug-likeness (QED) is 0.500. The van der Waals surface area contributed by atoms with Crippen LogP contribution >= 0.6 is 11.6 Å². The van der Waals surface area contributed by atoms with E-state index in [9.17, 15) is 9.59 Å². The van der Waals surface area contributed by atoms with Crippen LogP contribution in [0.3, 0.4) is 0 Å². The van der Waals surface area contributed by atoms with Crippen molar-refractivity contribution in [2.45, 2.75) is 20.3 Å². The van der Waals surface area contributed by atoms with Crippen LogP contribution in [-0.2, 0) is 4.74 Å². The molecule has 0 fully saturated rings. The standard InChI is InChI=1S/C27H25ClN2O3/c1-17-7-4-5-8-21(17)26(31)29-20-11-12-22(18(2)15-20)27(32)30-14-6-9-25(33-3)23-16-19(28)10-13-24(23)30/h4-5,7-13,15-16H,6,14H2,1-3H3,(H,29,31). The lowest BCUT2D eigenvalue weighted by Gasteiger charge is -2.24. The summed E-state index contributed by atoms with van der Waals surface area (Å²) in [5, 5.41) is 3.51. The Hall–Kier alpha value is -3.57. The van der Waals surface area contributed by atoms with Gasteiger partial charge in [-0.05, 0) is 79.9 Å². The molecule has 0 atom stereocenters. The highest BCUT2D eigenvalue weighted by atomic mass is 35.5. The molecule has 6 heteroatoms. The Labute approximate surface area is 198 Å². The van der Waals surface area contributed by atoms with Crippen molar-refractivity contribution in [2.75, 3.05) is 23.9 Å². The van der Waals surface area contributed by atoms with Gasteiger partial charge in [0, 0.05) is 33.9 Å². The number of nitrogens with one attached hydrogen (secondary N) is 1. The van der Waals surface area contributed by atoms with E-state index in [1.54, 1.807) is 36.3 Å². The summed E-state index contributed by atoms with van der Waals surface area (Å²) in [6.45, 7) is 4.29. The van der Waals surface area contributed by atoms with Crippen LogP contribution in [0.5, 0.6) is 0 Å². The zero-order valence-corrected chi connectivity index (χ0v) is 19.6. The van der Waals surface area contributed by atoms with Gasteiger partial charge in [-0.3, -0.25) is 9.59 Å². The molecule has 0 unspecified atom stereocenters. The van der Waals surface area contributed by atoms with Crippen LogP contribution in [-0.4, -0.2) is 25.5 Å². The zero-order chi connectivity index (χ0) is 23.5. The monoisotopic (exact) mass is 460 g/mol. The van der Waals surface area contributed by atoms with E-state index in [1.807, 2.05) is 56.3 Å². The highest BCUT2D eigenvalue weighted by Crippen LogP contribution is 2.34. The first-order valence-corrected chi connectivity index (χ1v) is 11.1. The molecule has 4 rings (SSSR count). The maximum absolute atomic E-state index is 13.6. The Balaban J connectivity index is 1.61. The predicted molar refractivity (Wildman–Crippen MR) is 133 cm³/mol. The molecular formula is C27H25ClN2O3. The Bertz CT molecular complexity index is 1270. The van der Waals surface area contributed by atoms with Crippen molar-refractivity contribution in [1.29, 1.82) is 0 Å². The van der Waals surface area contributed by atoms with Gasteiger partial charge in [-0.25, -0.2) is 0 Å². The second-order valence-corrected chi connectivity index (χ2v) is 8.41. The molecule has 1 heterocycles. The van der Waals surface area contributed by atoms with Gasteiger partial charge in [-0.15, -0.1) is 0 Å². The fourth-order valence-corrected chi connectivity index (χ4v) is 4.23. The molecule has 3 aromatic rings. The largest absolute Gasteiger partial charge is 0.496 e. The first kappa shape index (κ1) is 22.6. The van der Waals surface area contributed by atoms with Crippen LogP contribution in [0.15, 0.2) is 66.7 Å². The van der Waals surface area contributed by atoms with E-state index in [2.05, 4.69) is 5.32 Å². The fourth-order valence-electron chi connectivity index (χ4n) is 4.05. The molecule has 0 aliphatic carbocycles. The van der Waals surface area contributed by atoms with Crippen molar-refractivity contribution < 1.29 is 14.3 Å². The van der Waals surface area contributed by atoms with Gasteiger partial charge in [0.2, 0.25) is 0 Å². The van der Waals surface area contributed by atoms with Crippen molar-refractivity contribution in [1.82, 2.24) is 0 Å². The van der Waals surface area contributed by atoms with Gasteiger partial charge in [-0.1, -0.05) is 29.8 Å². The van der Waals surface area contributed by atoms with E-state index in [0.717, 1.165) is 22.4 Å². The van der Waals surface area contributed by atoms with Gasteiger partial charge in [0.15, 0.2) is 0 Å². The second kappa shape index (κ2) is 9.51. The van der Waals surface area contributed by atoms with E-state index in [1.165, 1.54) is 0 Å². The molecule has 1 aliphatic heterocycles. The minimum absolute atomic E-state index is 0.112. The average molecular weight is 461 g/mol. The number of hydrogen-bond acceptors (Lipinski definition) is 3. The number of nitrogens with zero attached hydrogens (tertiary/aromatic N) is 1. The molecular weight excluding hydrogens is 436 g/mol. The number of halogens is 1. The summed E-state index contributed by atoms with van der Waals surface area (Å²) >= 11 is 6.21. The number of aryl methyl sites for hydroxylation is 2. The molecule has 0 saturated heterocycles. The van der Waals surface area contributed by atoms with Crippen molar-refractivity contribution in [2.24, 2.45) is 0 Å². The van der Waals surface area contributed by atoms with Gasteiger partial charge >= 0.3 is 0 Å². The topological polar surface area (TPSA) is 58.6 Å². The summed E-state index contributed by atoms with van der Waals surface area (Å²) < 4.78 is 5.53. The third kappa shape index (κ3) is 4.64. The number of methoxy groups -OCH3 is 1. The molecule has 168 valence electrons. The van der Waals surface area contributed by atoms with Gasteiger partial charge in [0.1, 0.15) is 5.76 Å². The third-order valence-electron chi connectivity index (χ3n) is 5.77. The highest BCUT2D eigenvalue weighted by Gasteiger charge is 2.25. The maximum atomic E-state index is 13.6. The van der Waals surface area contributed by atoms with Crippen molar-refractivity contribution in [3.8, 4) is 0 Å². The summed E-state index contributed by atoms with van der Waals surface area (Å²) in [5.41, 5.74) is 5.07. The summed E-state index contributed by atoms with van der Waals surface area (Å²) in [4.78, 5) is 28.0. The molecule has 2 amide bonds. The molecule has 33 heavy (non-hydrogen) atoms. The predicted octanol–water partition coefficient (Wildman–Crippen LogP) is 6.25. The lowest BCUT2D eigenvalue weighted by atomic mass is 10.0. The summed E-state index contributed by atoms with van der Waals surface area (Å²) in [6.07, 6.45) is 2.63. The molecule has 0 radical (unpaired) electrons. The van der Waals surface area contributed by atoms with Crippen LogP contribution in [0.1, 0.15) is 43.8 Å². The fraction of sp³-hybridized carbons (Fsp3) is 0.185. The van der Waals surface area contributed by atoms with Gasteiger partial charge in [-0.2, -0.15) is 0 Å². The minimum atomic E-state index is -0.178. The summed E-state index contributed by atoms with van der Waals surface area (Å²) in [7, 11) is 1.61. The number of hydrogen-bond donors (Lipinski definition) is 1. The van der Waals surface area contributed by atoms with Crippen molar-refractivity contribution >= 4 is 40.5 Å². The summed E-state index contributed by atoms with van der Waals surface area (Å²) in [5.74, 6) is 0.412. The average Bonchev–Trinajstić information content (AvgIpc) is 2.98. The number of fused-ring (bicyclic) bond motifs is 1. The molecule has 0 spiro atoms. The van der Waals surface area contributed by atoms with E-state index in [4.69, 9.17) is 16.3 Å². The van der Waals surface area contributed by atoms with Crippen LogP contribution in [0.2, 0.25) is 5.02 Å². The molecule has 5 nitrogen and oxygen atoms in total.